The molecule has 0 unspecified atom stereocenters. The van der Waals surface area contributed by atoms with Crippen molar-refractivity contribution in [1.29, 1.82) is 0 Å². The van der Waals surface area contributed by atoms with Crippen molar-refractivity contribution in [2.45, 2.75) is 51.0 Å². The van der Waals surface area contributed by atoms with Crippen molar-refractivity contribution in [3.8, 4) is 0 Å². The quantitative estimate of drug-likeness (QED) is 0.755. The minimum atomic E-state index is -1.03. The number of carboxylic acids is 1. The molecule has 6 atom stereocenters. The Kier molecular flexibility index (Phi) is 3.80. The van der Waals surface area contributed by atoms with E-state index in [0.717, 1.165) is 31.8 Å². The maximum absolute atomic E-state index is 11.7. The van der Waals surface area contributed by atoms with Gasteiger partial charge in [-0.15, -0.1) is 0 Å². The second-order valence-corrected chi connectivity index (χ2v) is 8.55. The second-order valence-electron chi connectivity index (χ2n) is 8.55. The van der Waals surface area contributed by atoms with E-state index in [1.807, 2.05) is 6.08 Å². The number of aliphatic hydroxyl groups is 1. The number of carbonyl (C=O) groups is 2. The summed E-state index contributed by atoms with van der Waals surface area (Å²) in [6.45, 7) is 2.14. The number of ketones is 1. The van der Waals surface area contributed by atoms with Crippen LogP contribution in [0.2, 0.25) is 0 Å². The van der Waals surface area contributed by atoms with Crippen molar-refractivity contribution < 1.29 is 19.8 Å². The normalized spacial score (nSPS) is 45.7. The van der Waals surface area contributed by atoms with E-state index in [1.54, 1.807) is 0 Å². The predicted molar refractivity (Wildman–Crippen MR) is 93.7 cm³/mol. The van der Waals surface area contributed by atoms with E-state index in [-0.39, 0.29) is 11.2 Å². The van der Waals surface area contributed by atoms with Crippen LogP contribution in [0.3, 0.4) is 0 Å². The van der Waals surface area contributed by atoms with Crippen LogP contribution < -0.4 is 0 Å². The molecule has 0 amide bonds. The van der Waals surface area contributed by atoms with Gasteiger partial charge in [0, 0.05) is 17.9 Å². The van der Waals surface area contributed by atoms with Crippen LogP contribution in [0.5, 0.6) is 0 Å². The summed E-state index contributed by atoms with van der Waals surface area (Å²) in [7, 11) is 0. The van der Waals surface area contributed by atoms with Crippen LogP contribution in [0, 0.1) is 29.1 Å². The Morgan fingerprint density at radius 3 is 2.84 bits per heavy atom. The van der Waals surface area contributed by atoms with Gasteiger partial charge in [0.1, 0.15) is 0 Å². The number of allylic oxidation sites excluding steroid dienone is 4. The van der Waals surface area contributed by atoms with Crippen LogP contribution in [-0.2, 0) is 9.59 Å². The molecule has 0 aromatic heterocycles. The first-order chi connectivity index (χ1) is 11.8. The number of hydrogen-bond donors (Lipinski definition) is 2. The summed E-state index contributed by atoms with van der Waals surface area (Å²) in [5, 5.41) is 20.2. The van der Waals surface area contributed by atoms with E-state index < -0.39 is 11.6 Å². The maximum atomic E-state index is 11.7. The van der Waals surface area contributed by atoms with Crippen LogP contribution in [-0.4, -0.2) is 27.6 Å². The van der Waals surface area contributed by atoms with E-state index in [1.165, 1.54) is 11.6 Å². The summed E-state index contributed by atoms with van der Waals surface area (Å²) in [4.78, 5) is 22.7. The lowest BCUT2D eigenvalue weighted by Crippen LogP contribution is -2.51. The molecule has 4 heteroatoms. The molecule has 0 radical (unpaired) electrons. The first kappa shape index (κ1) is 16.8. The van der Waals surface area contributed by atoms with E-state index in [4.69, 9.17) is 5.11 Å². The van der Waals surface area contributed by atoms with Gasteiger partial charge in [-0.3, -0.25) is 4.79 Å². The van der Waals surface area contributed by atoms with Gasteiger partial charge in [-0.2, -0.15) is 0 Å². The summed E-state index contributed by atoms with van der Waals surface area (Å²) >= 11 is 0. The van der Waals surface area contributed by atoms with E-state index in [9.17, 15) is 14.7 Å². The molecule has 0 spiro atoms. The Labute approximate surface area is 148 Å². The summed E-state index contributed by atoms with van der Waals surface area (Å²) in [6, 6.07) is 0. The second kappa shape index (κ2) is 5.66. The smallest absolute Gasteiger partial charge is 0.328 e. The standard InChI is InChI=1S/C21H26O4/c1-20-9-6-16-15-5-3-14(22)12-13(15)2-4-17(16)18(20)7-10-21(20,25)11-8-19(23)24/h2,4,8,11-12,15-18,25H,3,5-7,9-10H2,1H3,(H,23,24)/b11-8-/t15-,16+,17+,18-,20-,21+/m0/s1. The van der Waals surface area contributed by atoms with Gasteiger partial charge in [0.15, 0.2) is 5.78 Å². The number of carbonyl (C=O) groups excluding carboxylic acids is 1. The Balaban J connectivity index is 1.66. The average molecular weight is 342 g/mol. The molecule has 4 rings (SSSR count). The van der Waals surface area contributed by atoms with Crippen molar-refractivity contribution in [1.82, 2.24) is 0 Å². The predicted octanol–water partition coefficient (Wildman–Crippen LogP) is 3.28. The third kappa shape index (κ3) is 2.45. The van der Waals surface area contributed by atoms with Crippen molar-refractivity contribution in [3.63, 3.8) is 0 Å². The molecule has 2 N–H and O–H groups in total. The Hall–Kier alpha value is -1.68. The zero-order chi connectivity index (χ0) is 17.8. The molecule has 0 saturated heterocycles. The maximum Gasteiger partial charge on any atom is 0.328 e. The highest BCUT2D eigenvalue weighted by molar-refractivity contribution is 5.92. The molecule has 0 aliphatic heterocycles. The summed E-state index contributed by atoms with van der Waals surface area (Å²) in [5.74, 6) is 1.04. The van der Waals surface area contributed by atoms with Crippen LogP contribution in [0.4, 0.5) is 0 Å². The van der Waals surface area contributed by atoms with E-state index >= 15 is 0 Å². The fourth-order valence-corrected chi connectivity index (χ4v) is 6.19. The lowest BCUT2D eigenvalue weighted by atomic mass is 9.52. The monoisotopic (exact) mass is 342 g/mol. The Morgan fingerprint density at radius 2 is 2.08 bits per heavy atom. The van der Waals surface area contributed by atoms with Gasteiger partial charge in [0.25, 0.3) is 0 Å². The highest BCUT2D eigenvalue weighted by atomic mass is 16.4. The fraction of sp³-hybridized carbons (Fsp3) is 0.619. The van der Waals surface area contributed by atoms with Gasteiger partial charge < -0.3 is 10.2 Å². The van der Waals surface area contributed by atoms with Gasteiger partial charge in [-0.05, 0) is 73.5 Å². The molecule has 2 saturated carbocycles. The van der Waals surface area contributed by atoms with Crippen molar-refractivity contribution >= 4 is 11.8 Å². The van der Waals surface area contributed by atoms with Gasteiger partial charge in [0.2, 0.25) is 0 Å². The third-order valence-electron chi connectivity index (χ3n) is 7.59. The number of fused-ring (bicyclic) bond motifs is 5. The molecular formula is C21H26O4. The highest BCUT2D eigenvalue weighted by Crippen LogP contribution is 2.64. The summed E-state index contributed by atoms with van der Waals surface area (Å²) in [5.41, 5.74) is -0.121. The first-order valence-electron chi connectivity index (χ1n) is 9.41. The highest BCUT2D eigenvalue weighted by Gasteiger charge is 2.60. The minimum absolute atomic E-state index is 0.240. The lowest BCUT2D eigenvalue weighted by Gasteiger charge is -2.53. The van der Waals surface area contributed by atoms with Crippen LogP contribution in [0.15, 0.2) is 36.0 Å². The van der Waals surface area contributed by atoms with E-state index in [0.29, 0.717) is 36.5 Å². The molecule has 0 bridgehead atoms. The van der Waals surface area contributed by atoms with Crippen molar-refractivity contribution in [2.75, 3.05) is 0 Å². The van der Waals surface area contributed by atoms with Gasteiger partial charge in [-0.25, -0.2) is 4.79 Å². The molecule has 4 aliphatic carbocycles. The number of aliphatic carboxylic acids is 1. The van der Waals surface area contributed by atoms with Crippen LogP contribution in [0.25, 0.3) is 0 Å². The number of hydrogen-bond acceptors (Lipinski definition) is 3. The molecular weight excluding hydrogens is 316 g/mol. The van der Waals surface area contributed by atoms with Gasteiger partial charge >= 0.3 is 5.97 Å². The zero-order valence-corrected chi connectivity index (χ0v) is 14.6. The molecule has 25 heavy (non-hydrogen) atoms. The largest absolute Gasteiger partial charge is 0.478 e. The third-order valence-corrected chi connectivity index (χ3v) is 7.59. The SMILES string of the molecule is C[C@]12CC[C@H]3[C@@H](C=CC4=CC(=O)CC[C@@H]43)[C@@H]1CC[C@@]2(O)/C=C\C(=O)O. The molecule has 0 heterocycles. The van der Waals surface area contributed by atoms with Crippen LogP contribution >= 0.6 is 0 Å². The summed E-state index contributed by atoms with van der Waals surface area (Å²) < 4.78 is 0. The molecule has 2 fully saturated rings. The van der Waals surface area contributed by atoms with Gasteiger partial charge in [0.05, 0.1) is 5.60 Å². The van der Waals surface area contributed by atoms with Crippen molar-refractivity contribution in [3.05, 3.63) is 36.0 Å². The van der Waals surface area contributed by atoms with Crippen molar-refractivity contribution in [2.24, 2.45) is 29.1 Å². The average Bonchev–Trinajstić information content (AvgIpc) is 2.84. The minimum Gasteiger partial charge on any atom is -0.478 e. The molecule has 134 valence electrons. The Bertz CT molecular complexity index is 703. The molecule has 0 aromatic rings. The topological polar surface area (TPSA) is 74.6 Å². The van der Waals surface area contributed by atoms with Gasteiger partial charge in [-0.1, -0.05) is 19.1 Å². The number of rotatable bonds is 2. The first-order valence-corrected chi connectivity index (χ1v) is 9.41. The van der Waals surface area contributed by atoms with E-state index in [2.05, 4.69) is 19.1 Å². The molecule has 0 aromatic carbocycles. The zero-order valence-electron chi connectivity index (χ0n) is 14.6. The Morgan fingerprint density at radius 1 is 1.28 bits per heavy atom. The van der Waals surface area contributed by atoms with Crippen LogP contribution in [0.1, 0.15) is 45.4 Å². The summed E-state index contributed by atoms with van der Waals surface area (Å²) in [6.07, 6.45) is 13.9. The molecule has 4 nitrogen and oxygen atoms in total. The fourth-order valence-electron chi connectivity index (χ4n) is 6.19. The lowest BCUT2D eigenvalue weighted by molar-refractivity contribution is -0.131. The molecule has 4 aliphatic rings. The number of carboxylic acid groups (broad SMARTS) is 1.